The Bertz CT molecular complexity index is 642. The van der Waals surface area contributed by atoms with Gasteiger partial charge in [0.2, 0.25) is 0 Å². The molecule has 22 heavy (non-hydrogen) atoms. The molecule has 1 saturated heterocycles. The van der Waals surface area contributed by atoms with Crippen molar-refractivity contribution < 1.29 is 14.6 Å². The van der Waals surface area contributed by atoms with Gasteiger partial charge < -0.3 is 9.84 Å². The standard InChI is InChI=1S/C18H21NO3/c20-18(21)15-8-10-19(11-9-15)12-13-22-17-7-3-5-14-4-1-2-6-16(14)17/h1-7,15H,8-13H2,(H,20,21). The van der Waals surface area contributed by atoms with Gasteiger partial charge >= 0.3 is 5.97 Å². The van der Waals surface area contributed by atoms with Gasteiger partial charge in [-0.1, -0.05) is 36.4 Å². The quantitative estimate of drug-likeness (QED) is 0.922. The number of nitrogens with zero attached hydrogens (tertiary/aromatic N) is 1. The van der Waals surface area contributed by atoms with Crippen molar-refractivity contribution in [2.45, 2.75) is 12.8 Å². The molecule has 116 valence electrons. The van der Waals surface area contributed by atoms with E-state index >= 15 is 0 Å². The van der Waals surface area contributed by atoms with Gasteiger partial charge in [-0.25, -0.2) is 0 Å². The third-order valence-electron chi connectivity index (χ3n) is 4.35. The summed E-state index contributed by atoms with van der Waals surface area (Å²) >= 11 is 0. The molecule has 1 N–H and O–H groups in total. The molecular weight excluding hydrogens is 278 g/mol. The number of likely N-dealkylation sites (tertiary alicyclic amines) is 1. The van der Waals surface area contributed by atoms with Crippen molar-refractivity contribution in [1.82, 2.24) is 4.90 Å². The maximum Gasteiger partial charge on any atom is 0.306 e. The van der Waals surface area contributed by atoms with Crippen LogP contribution in [0, 0.1) is 5.92 Å². The molecule has 1 fully saturated rings. The van der Waals surface area contributed by atoms with Crippen molar-refractivity contribution >= 4 is 16.7 Å². The Morgan fingerprint density at radius 3 is 2.64 bits per heavy atom. The molecule has 0 bridgehead atoms. The van der Waals surface area contributed by atoms with Crippen molar-refractivity contribution in [3.63, 3.8) is 0 Å². The highest BCUT2D eigenvalue weighted by atomic mass is 16.5. The summed E-state index contributed by atoms with van der Waals surface area (Å²) in [6, 6.07) is 14.3. The van der Waals surface area contributed by atoms with Crippen molar-refractivity contribution in [2.75, 3.05) is 26.2 Å². The number of hydrogen-bond donors (Lipinski definition) is 1. The highest BCUT2D eigenvalue weighted by Crippen LogP contribution is 2.25. The molecule has 3 rings (SSSR count). The number of carboxylic acid groups (broad SMARTS) is 1. The van der Waals surface area contributed by atoms with Crippen molar-refractivity contribution in [1.29, 1.82) is 0 Å². The van der Waals surface area contributed by atoms with E-state index in [1.807, 2.05) is 24.3 Å². The molecule has 1 aliphatic heterocycles. The maximum atomic E-state index is 10.9. The average molecular weight is 299 g/mol. The first-order chi connectivity index (χ1) is 10.7. The van der Waals surface area contributed by atoms with E-state index < -0.39 is 5.97 Å². The molecule has 0 aromatic heterocycles. The Morgan fingerprint density at radius 1 is 1.14 bits per heavy atom. The van der Waals surface area contributed by atoms with Crippen LogP contribution in [0.15, 0.2) is 42.5 Å². The molecule has 1 heterocycles. The van der Waals surface area contributed by atoms with Gasteiger partial charge in [0.25, 0.3) is 0 Å². The lowest BCUT2D eigenvalue weighted by molar-refractivity contribution is -0.143. The minimum atomic E-state index is -0.661. The first kappa shape index (κ1) is 14.9. The molecule has 0 radical (unpaired) electrons. The Morgan fingerprint density at radius 2 is 1.86 bits per heavy atom. The molecule has 0 spiro atoms. The van der Waals surface area contributed by atoms with Gasteiger partial charge in [0.05, 0.1) is 5.92 Å². The van der Waals surface area contributed by atoms with Crippen LogP contribution in [0.1, 0.15) is 12.8 Å². The minimum absolute atomic E-state index is 0.171. The smallest absolute Gasteiger partial charge is 0.306 e. The van der Waals surface area contributed by atoms with E-state index in [4.69, 9.17) is 9.84 Å². The monoisotopic (exact) mass is 299 g/mol. The summed E-state index contributed by atoms with van der Waals surface area (Å²) in [5.41, 5.74) is 0. The molecule has 0 aliphatic carbocycles. The summed E-state index contributed by atoms with van der Waals surface area (Å²) in [6.07, 6.45) is 1.48. The minimum Gasteiger partial charge on any atom is -0.492 e. The van der Waals surface area contributed by atoms with E-state index in [1.54, 1.807) is 0 Å². The van der Waals surface area contributed by atoms with Crippen LogP contribution in [0.5, 0.6) is 5.75 Å². The summed E-state index contributed by atoms with van der Waals surface area (Å²) < 4.78 is 5.94. The number of piperidine rings is 1. The second-order valence-electron chi connectivity index (χ2n) is 5.78. The van der Waals surface area contributed by atoms with Gasteiger partial charge in [-0.15, -0.1) is 0 Å². The average Bonchev–Trinajstić information content (AvgIpc) is 2.55. The predicted octanol–water partition coefficient (Wildman–Crippen LogP) is 3.02. The number of fused-ring (bicyclic) bond motifs is 1. The number of hydrogen-bond acceptors (Lipinski definition) is 3. The van der Waals surface area contributed by atoms with Gasteiger partial charge in [0, 0.05) is 11.9 Å². The zero-order valence-corrected chi connectivity index (χ0v) is 12.6. The van der Waals surface area contributed by atoms with Crippen molar-refractivity contribution in [3.05, 3.63) is 42.5 Å². The summed E-state index contributed by atoms with van der Waals surface area (Å²) in [6.45, 7) is 3.16. The van der Waals surface area contributed by atoms with Crippen LogP contribution in [0.25, 0.3) is 10.8 Å². The summed E-state index contributed by atoms with van der Waals surface area (Å²) in [4.78, 5) is 13.2. The molecule has 0 unspecified atom stereocenters. The molecule has 4 heteroatoms. The fourth-order valence-corrected chi connectivity index (χ4v) is 3.01. The van der Waals surface area contributed by atoms with E-state index in [9.17, 15) is 4.79 Å². The molecular formula is C18H21NO3. The van der Waals surface area contributed by atoms with Crippen LogP contribution in [0.4, 0.5) is 0 Å². The van der Waals surface area contributed by atoms with E-state index in [1.165, 1.54) is 5.39 Å². The Balaban J connectivity index is 1.52. The molecule has 2 aromatic rings. The highest BCUT2D eigenvalue weighted by Gasteiger charge is 2.24. The largest absolute Gasteiger partial charge is 0.492 e. The first-order valence-corrected chi connectivity index (χ1v) is 7.80. The topological polar surface area (TPSA) is 49.8 Å². The van der Waals surface area contributed by atoms with Gasteiger partial charge in [0.1, 0.15) is 12.4 Å². The highest BCUT2D eigenvalue weighted by molar-refractivity contribution is 5.88. The normalized spacial score (nSPS) is 16.7. The fourth-order valence-electron chi connectivity index (χ4n) is 3.01. The van der Waals surface area contributed by atoms with E-state index in [0.29, 0.717) is 6.61 Å². The zero-order valence-electron chi connectivity index (χ0n) is 12.6. The summed E-state index contributed by atoms with van der Waals surface area (Å²) in [5.74, 6) is 0.0837. The van der Waals surface area contributed by atoms with E-state index in [0.717, 1.165) is 43.6 Å². The van der Waals surface area contributed by atoms with E-state index in [-0.39, 0.29) is 5.92 Å². The van der Waals surface area contributed by atoms with Gasteiger partial charge in [-0.2, -0.15) is 0 Å². The number of carboxylic acids is 1. The third kappa shape index (κ3) is 3.39. The molecule has 0 saturated carbocycles. The summed E-state index contributed by atoms with van der Waals surface area (Å²) in [7, 11) is 0. The second-order valence-corrected chi connectivity index (χ2v) is 5.78. The lowest BCUT2D eigenvalue weighted by Gasteiger charge is -2.29. The number of rotatable bonds is 5. The Labute approximate surface area is 130 Å². The lowest BCUT2D eigenvalue weighted by atomic mass is 9.97. The lowest BCUT2D eigenvalue weighted by Crippen LogP contribution is -2.38. The second kappa shape index (κ2) is 6.79. The maximum absolute atomic E-state index is 10.9. The zero-order chi connectivity index (χ0) is 15.4. The molecule has 0 atom stereocenters. The molecule has 0 amide bonds. The van der Waals surface area contributed by atoms with Gasteiger partial charge in [0.15, 0.2) is 0 Å². The molecule has 1 aliphatic rings. The number of benzene rings is 2. The van der Waals surface area contributed by atoms with Crippen molar-refractivity contribution in [3.8, 4) is 5.75 Å². The van der Waals surface area contributed by atoms with Crippen LogP contribution in [0.3, 0.4) is 0 Å². The van der Waals surface area contributed by atoms with Gasteiger partial charge in [-0.05, 0) is 37.4 Å². The Kier molecular flexibility index (Phi) is 4.59. The Hall–Kier alpha value is -2.07. The van der Waals surface area contributed by atoms with Crippen LogP contribution >= 0.6 is 0 Å². The van der Waals surface area contributed by atoms with E-state index in [2.05, 4.69) is 23.1 Å². The first-order valence-electron chi connectivity index (χ1n) is 7.80. The van der Waals surface area contributed by atoms with Gasteiger partial charge in [-0.3, -0.25) is 9.69 Å². The predicted molar refractivity (Wildman–Crippen MR) is 86.2 cm³/mol. The SMILES string of the molecule is O=C(O)C1CCN(CCOc2cccc3ccccc23)CC1. The number of ether oxygens (including phenoxy) is 1. The molecule has 2 aromatic carbocycles. The number of aliphatic carboxylic acids is 1. The van der Waals surface area contributed by atoms with Crippen LogP contribution in [-0.2, 0) is 4.79 Å². The fraction of sp³-hybridized carbons (Fsp3) is 0.389. The third-order valence-corrected chi connectivity index (χ3v) is 4.35. The molecule has 4 nitrogen and oxygen atoms in total. The van der Waals surface area contributed by atoms with Crippen LogP contribution in [-0.4, -0.2) is 42.2 Å². The van der Waals surface area contributed by atoms with Crippen molar-refractivity contribution in [2.24, 2.45) is 5.92 Å². The van der Waals surface area contributed by atoms with Crippen LogP contribution in [0.2, 0.25) is 0 Å². The number of carbonyl (C=O) groups is 1. The van der Waals surface area contributed by atoms with Crippen LogP contribution < -0.4 is 4.74 Å². The summed E-state index contributed by atoms with van der Waals surface area (Å²) in [5, 5.41) is 11.3.